The number of carbonyl (C=O) groups is 1. The van der Waals surface area contributed by atoms with E-state index in [1.165, 1.54) is 17.4 Å². The summed E-state index contributed by atoms with van der Waals surface area (Å²) in [5.41, 5.74) is 0.540. The Morgan fingerprint density at radius 2 is 1.91 bits per heavy atom. The van der Waals surface area contributed by atoms with Gasteiger partial charge in [-0.3, -0.25) is 4.79 Å². The van der Waals surface area contributed by atoms with E-state index in [0.29, 0.717) is 28.6 Å². The Labute approximate surface area is 143 Å². The van der Waals surface area contributed by atoms with E-state index >= 15 is 0 Å². The van der Waals surface area contributed by atoms with E-state index in [2.05, 4.69) is 0 Å². The highest BCUT2D eigenvalue weighted by Gasteiger charge is 2.18. The van der Waals surface area contributed by atoms with Gasteiger partial charge >= 0.3 is 0 Å². The molecule has 2 rings (SSSR count). The van der Waals surface area contributed by atoms with Crippen molar-refractivity contribution in [1.29, 1.82) is 0 Å². The van der Waals surface area contributed by atoms with Crippen molar-refractivity contribution in [2.24, 2.45) is 0 Å². The normalized spacial score (nSPS) is 11.0. The van der Waals surface area contributed by atoms with Crippen LogP contribution >= 0.6 is 22.9 Å². The zero-order valence-corrected chi connectivity index (χ0v) is 14.4. The van der Waals surface area contributed by atoms with Gasteiger partial charge in [-0.25, -0.2) is 8.78 Å². The van der Waals surface area contributed by atoms with E-state index in [1.807, 2.05) is 19.0 Å². The van der Waals surface area contributed by atoms with Gasteiger partial charge in [-0.05, 0) is 37.9 Å². The molecule has 0 saturated heterocycles. The first-order valence-corrected chi connectivity index (χ1v) is 8.24. The SMILES string of the molecule is CN(C)CCN(Cc1ccc(F)c(F)c1)C(=O)c1cc(Cl)cs1. The quantitative estimate of drug-likeness (QED) is 0.782. The summed E-state index contributed by atoms with van der Waals surface area (Å²) in [5, 5.41) is 2.20. The minimum absolute atomic E-state index is 0.173. The molecule has 124 valence electrons. The topological polar surface area (TPSA) is 23.6 Å². The predicted molar refractivity (Wildman–Crippen MR) is 89.0 cm³/mol. The molecule has 0 fully saturated rings. The van der Waals surface area contributed by atoms with E-state index in [0.717, 1.165) is 12.1 Å². The molecule has 23 heavy (non-hydrogen) atoms. The van der Waals surface area contributed by atoms with E-state index in [-0.39, 0.29) is 12.5 Å². The van der Waals surface area contributed by atoms with Crippen molar-refractivity contribution in [3.8, 4) is 0 Å². The molecule has 1 heterocycles. The Kier molecular flexibility index (Phi) is 6.10. The number of thiophene rings is 1. The zero-order chi connectivity index (χ0) is 17.0. The van der Waals surface area contributed by atoms with Crippen molar-refractivity contribution < 1.29 is 13.6 Å². The van der Waals surface area contributed by atoms with Crippen molar-refractivity contribution in [3.05, 3.63) is 56.7 Å². The predicted octanol–water partition coefficient (Wildman–Crippen LogP) is 3.88. The first-order valence-electron chi connectivity index (χ1n) is 6.99. The molecule has 0 atom stereocenters. The molecule has 0 aliphatic heterocycles. The molecule has 0 saturated carbocycles. The fourth-order valence-corrected chi connectivity index (χ4v) is 3.05. The summed E-state index contributed by atoms with van der Waals surface area (Å²) in [5.74, 6) is -1.99. The number of rotatable bonds is 6. The van der Waals surface area contributed by atoms with Crippen LogP contribution in [0, 0.1) is 11.6 Å². The Hall–Kier alpha value is -1.50. The molecule has 2 aromatic rings. The van der Waals surface area contributed by atoms with Gasteiger partial charge in [0.2, 0.25) is 0 Å². The number of halogens is 3. The highest BCUT2D eigenvalue weighted by atomic mass is 35.5. The molecule has 1 aromatic carbocycles. The number of likely N-dealkylation sites (N-methyl/N-ethyl adjacent to an activating group) is 1. The minimum Gasteiger partial charge on any atom is -0.332 e. The van der Waals surface area contributed by atoms with Gasteiger partial charge in [-0.2, -0.15) is 0 Å². The maximum absolute atomic E-state index is 13.4. The molecule has 0 radical (unpaired) electrons. The molecule has 0 N–H and O–H groups in total. The fraction of sp³-hybridized carbons (Fsp3) is 0.312. The second-order valence-electron chi connectivity index (χ2n) is 5.41. The van der Waals surface area contributed by atoms with Crippen LogP contribution in [0.15, 0.2) is 29.6 Å². The maximum atomic E-state index is 13.4. The molecule has 0 bridgehead atoms. The fourth-order valence-electron chi connectivity index (χ4n) is 2.01. The number of benzene rings is 1. The third-order valence-corrected chi connectivity index (χ3v) is 4.51. The van der Waals surface area contributed by atoms with Gasteiger partial charge in [-0.15, -0.1) is 11.3 Å². The second-order valence-corrected chi connectivity index (χ2v) is 6.76. The number of nitrogens with zero attached hydrogens (tertiary/aromatic N) is 2. The summed E-state index contributed by atoms with van der Waals surface area (Å²) >= 11 is 7.14. The third kappa shape index (κ3) is 4.99. The van der Waals surface area contributed by atoms with Gasteiger partial charge in [0, 0.05) is 25.0 Å². The van der Waals surface area contributed by atoms with Crippen LogP contribution < -0.4 is 0 Å². The van der Waals surface area contributed by atoms with Gasteiger partial charge in [0.25, 0.3) is 5.91 Å². The summed E-state index contributed by atoms with van der Waals surface area (Å²) in [6, 6.07) is 5.28. The van der Waals surface area contributed by atoms with Crippen LogP contribution in [-0.2, 0) is 6.54 Å². The molecule has 0 spiro atoms. The lowest BCUT2D eigenvalue weighted by Gasteiger charge is -2.24. The lowest BCUT2D eigenvalue weighted by molar-refractivity contribution is 0.0736. The second kappa shape index (κ2) is 7.86. The van der Waals surface area contributed by atoms with Crippen LogP contribution in [-0.4, -0.2) is 42.9 Å². The van der Waals surface area contributed by atoms with E-state index in [9.17, 15) is 13.6 Å². The van der Waals surface area contributed by atoms with Gasteiger partial charge < -0.3 is 9.80 Å². The molecule has 1 amide bonds. The molecule has 7 heteroatoms. The van der Waals surface area contributed by atoms with Crippen molar-refractivity contribution in [2.45, 2.75) is 6.54 Å². The van der Waals surface area contributed by atoms with Crippen molar-refractivity contribution in [3.63, 3.8) is 0 Å². The molecule has 0 aliphatic rings. The molecule has 0 aliphatic carbocycles. The van der Waals surface area contributed by atoms with Crippen LogP contribution in [0.2, 0.25) is 5.02 Å². The maximum Gasteiger partial charge on any atom is 0.264 e. The summed E-state index contributed by atoms with van der Waals surface area (Å²) in [6.07, 6.45) is 0. The van der Waals surface area contributed by atoms with E-state index in [4.69, 9.17) is 11.6 Å². The van der Waals surface area contributed by atoms with E-state index < -0.39 is 11.6 Å². The van der Waals surface area contributed by atoms with Gasteiger partial charge in [0.1, 0.15) is 0 Å². The average Bonchev–Trinajstić information content (AvgIpc) is 2.92. The Bertz CT molecular complexity index is 690. The molecular formula is C16H17ClF2N2OS. The van der Waals surface area contributed by atoms with Crippen molar-refractivity contribution in [1.82, 2.24) is 9.80 Å². The lowest BCUT2D eigenvalue weighted by Crippen LogP contribution is -2.36. The molecular weight excluding hydrogens is 342 g/mol. The highest BCUT2D eigenvalue weighted by Crippen LogP contribution is 2.22. The van der Waals surface area contributed by atoms with Crippen LogP contribution in [0.4, 0.5) is 8.78 Å². The summed E-state index contributed by atoms with van der Waals surface area (Å²) in [7, 11) is 3.81. The Balaban J connectivity index is 2.19. The van der Waals surface area contributed by atoms with Crippen molar-refractivity contribution in [2.75, 3.05) is 27.2 Å². The third-order valence-electron chi connectivity index (χ3n) is 3.24. The number of carbonyl (C=O) groups excluding carboxylic acids is 1. The smallest absolute Gasteiger partial charge is 0.264 e. The van der Waals surface area contributed by atoms with Crippen LogP contribution in [0.25, 0.3) is 0 Å². The number of hydrogen-bond donors (Lipinski definition) is 0. The van der Waals surface area contributed by atoms with Gasteiger partial charge in [0.15, 0.2) is 11.6 Å². The lowest BCUT2D eigenvalue weighted by atomic mass is 10.2. The van der Waals surface area contributed by atoms with Crippen molar-refractivity contribution >= 4 is 28.8 Å². The zero-order valence-electron chi connectivity index (χ0n) is 12.9. The Morgan fingerprint density at radius 1 is 1.17 bits per heavy atom. The van der Waals surface area contributed by atoms with Crippen LogP contribution in [0.5, 0.6) is 0 Å². The average molecular weight is 359 g/mol. The first-order chi connectivity index (χ1) is 10.9. The van der Waals surface area contributed by atoms with Gasteiger partial charge in [-0.1, -0.05) is 17.7 Å². The molecule has 1 aromatic heterocycles. The highest BCUT2D eigenvalue weighted by molar-refractivity contribution is 7.12. The number of amides is 1. The molecule has 3 nitrogen and oxygen atoms in total. The Morgan fingerprint density at radius 3 is 2.48 bits per heavy atom. The standard InChI is InChI=1S/C16H17ClF2N2OS/c1-20(2)5-6-21(16(22)15-8-12(17)10-23-15)9-11-3-4-13(18)14(19)7-11/h3-4,7-8,10H,5-6,9H2,1-2H3. The van der Waals surface area contributed by atoms with E-state index in [1.54, 1.807) is 16.3 Å². The van der Waals surface area contributed by atoms with Crippen LogP contribution in [0.3, 0.4) is 0 Å². The summed E-state index contributed by atoms with van der Waals surface area (Å²) in [4.78, 5) is 16.7. The molecule has 0 unspecified atom stereocenters. The first kappa shape index (κ1) is 17.8. The minimum atomic E-state index is -0.915. The number of hydrogen-bond acceptors (Lipinski definition) is 3. The summed E-state index contributed by atoms with van der Waals surface area (Å²) < 4.78 is 26.4. The monoisotopic (exact) mass is 358 g/mol. The largest absolute Gasteiger partial charge is 0.332 e. The van der Waals surface area contributed by atoms with Crippen LogP contribution in [0.1, 0.15) is 15.2 Å². The summed E-state index contributed by atoms with van der Waals surface area (Å²) in [6.45, 7) is 1.34. The van der Waals surface area contributed by atoms with Gasteiger partial charge in [0.05, 0.1) is 9.90 Å².